The smallest absolute Gasteiger partial charge is 0.489 e. The number of hydrogen-bond acceptors (Lipinski definition) is 9. The fraction of sp³-hybridized carbons (Fsp3) is 0.0556. The van der Waals surface area contributed by atoms with E-state index >= 15 is 0 Å². The summed E-state index contributed by atoms with van der Waals surface area (Å²) in [5, 5.41) is 12.2. The fourth-order valence-electron chi connectivity index (χ4n) is 6.75. The van der Waals surface area contributed by atoms with Gasteiger partial charge in [0.05, 0.1) is 51.6 Å². The zero-order valence-electron chi connectivity index (χ0n) is 40.3. The predicted molar refractivity (Wildman–Crippen MR) is 276 cm³/mol. The van der Waals surface area contributed by atoms with Crippen molar-refractivity contribution in [3.63, 3.8) is 0 Å². The SMILES string of the molecule is CC#N.F[P-](F)(F)(F)(F)F.F[P-](F)(F)(F)(F)F.[Ru+2].c1ccc(-c2cc(OCc3ccc4ccccc4c3)cc(-c3ccccn3)n2)nc1.c1ccc(-c2cc(OCc3ccc4ccccc4c3)cc(-c3ccccn3)n2)nc1. The van der Waals surface area contributed by atoms with Gasteiger partial charge in [-0.05, 0) is 93.3 Å². The number of hydrogen-bond donors (Lipinski definition) is 0. The predicted octanol–water partition coefficient (Wildman–Crippen LogP) is 19.2. The molecule has 10 aromatic rings. The van der Waals surface area contributed by atoms with Gasteiger partial charge in [0.25, 0.3) is 0 Å². The zero-order valence-corrected chi connectivity index (χ0v) is 43.8. The van der Waals surface area contributed by atoms with Gasteiger partial charge in [-0.1, -0.05) is 97.1 Å². The molecular weight excluding hydrogens is 1170 g/mol. The minimum atomic E-state index is -10.7. The minimum absolute atomic E-state index is 0. The number of halogens is 12. The van der Waals surface area contributed by atoms with Crippen LogP contribution in [0.3, 0.4) is 0 Å². The third-order valence-corrected chi connectivity index (χ3v) is 9.75. The summed E-state index contributed by atoms with van der Waals surface area (Å²) in [6, 6.07) is 62.0. The molecule has 0 atom stereocenters. The number of fused-ring (bicyclic) bond motifs is 2. The Balaban J connectivity index is 0.000000220. The monoisotopic (exact) mass is 1210 g/mol. The van der Waals surface area contributed by atoms with E-state index in [1.165, 1.54) is 28.5 Å². The Labute approximate surface area is 450 Å². The molecule has 0 fully saturated rings. The van der Waals surface area contributed by atoms with Crippen LogP contribution in [0.15, 0.2) is 207 Å². The van der Waals surface area contributed by atoms with Gasteiger partial charge in [-0.25, -0.2) is 9.97 Å². The summed E-state index contributed by atoms with van der Waals surface area (Å²) in [4.78, 5) is 27.3. The molecule has 4 aromatic carbocycles. The number of nitriles is 1. The van der Waals surface area contributed by atoms with Crippen molar-refractivity contribution >= 4 is 37.2 Å². The molecule has 0 bridgehead atoms. The van der Waals surface area contributed by atoms with Gasteiger partial charge >= 0.3 is 85.5 Å². The molecule has 0 spiro atoms. The molecule has 406 valence electrons. The summed E-state index contributed by atoms with van der Waals surface area (Å²) in [7, 11) is -21.3. The van der Waals surface area contributed by atoms with E-state index in [0.717, 1.165) is 68.2 Å². The Morgan fingerprint density at radius 3 is 0.846 bits per heavy atom. The molecule has 0 saturated heterocycles. The summed E-state index contributed by atoms with van der Waals surface area (Å²) >= 11 is 0. The first-order chi connectivity index (χ1) is 36.0. The molecule has 0 radical (unpaired) electrons. The first kappa shape index (κ1) is 60.9. The second-order valence-electron chi connectivity index (χ2n) is 16.1. The molecule has 0 aliphatic carbocycles. The van der Waals surface area contributed by atoms with E-state index in [9.17, 15) is 50.4 Å². The normalized spacial score (nSPS) is 12.6. The molecule has 24 heteroatoms. The van der Waals surface area contributed by atoms with Gasteiger partial charge in [0, 0.05) is 56.0 Å². The van der Waals surface area contributed by atoms with Crippen molar-refractivity contribution in [3.8, 4) is 63.1 Å². The number of pyridine rings is 6. The second-order valence-corrected chi connectivity index (χ2v) is 19.9. The number of benzene rings is 4. The van der Waals surface area contributed by atoms with E-state index in [0.29, 0.717) is 13.2 Å². The molecule has 0 N–H and O–H groups in total. The maximum Gasteiger partial charge on any atom is 2.00 e. The van der Waals surface area contributed by atoms with E-state index in [1.54, 1.807) is 30.9 Å². The number of ether oxygens (including phenoxy) is 2. The maximum absolute atomic E-state index is 10.7. The third-order valence-electron chi connectivity index (χ3n) is 9.75. The maximum atomic E-state index is 9.87. The van der Waals surface area contributed by atoms with Crippen molar-refractivity contribution < 1.29 is 79.3 Å². The van der Waals surface area contributed by atoms with Crippen LogP contribution in [0.5, 0.6) is 11.5 Å². The number of nitrogens with zero attached hydrogens (tertiary/aromatic N) is 7. The first-order valence-corrected chi connectivity index (χ1v) is 26.4. The summed E-state index contributed by atoms with van der Waals surface area (Å²) < 4.78 is 131. The van der Waals surface area contributed by atoms with E-state index in [-0.39, 0.29) is 19.5 Å². The third kappa shape index (κ3) is 23.5. The Hall–Kier alpha value is -7.97. The number of aromatic nitrogens is 6. The van der Waals surface area contributed by atoms with Crippen LogP contribution in [0, 0.1) is 11.3 Å². The Kier molecular flexibility index (Phi) is 18.9. The van der Waals surface area contributed by atoms with Crippen molar-refractivity contribution in [3.05, 3.63) is 218 Å². The van der Waals surface area contributed by atoms with Gasteiger partial charge < -0.3 is 9.47 Å². The average Bonchev–Trinajstić information content (AvgIpc) is 3.40. The van der Waals surface area contributed by atoms with Crippen LogP contribution in [0.25, 0.3) is 67.1 Å². The van der Waals surface area contributed by atoms with Crippen molar-refractivity contribution in [2.24, 2.45) is 0 Å². The van der Waals surface area contributed by atoms with Gasteiger partial charge in [-0.15, -0.1) is 0 Å². The molecule has 0 aliphatic rings. The largest absolute Gasteiger partial charge is 2.00 e. The van der Waals surface area contributed by atoms with Crippen LogP contribution in [0.4, 0.5) is 50.4 Å². The fourth-order valence-corrected chi connectivity index (χ4v) is 6.75. The molecule has 9 nitrogen and oxygen atoms in total. The molecule has 0 unspecified atom stereocenters. The molecule has 6 heterocycles. The van der Waals surface area contributed by atoms with Gasteiger partial charge in [0.1, 0.15) is 24.7 Å². The second kappa shape index (κ2) is 24.1. The van der Waals surface area contributed by atoms with E-state index in [2.05, 4.69) is 80.6 Å². The van der Waals surface area contributed by atoms with Crippen LogP contribution < -0.4 is 9.47 Å². The van der Waals surface area contributed by atoms with Crippen molar-refractivity contribution in [1.82, 2.24) is 29.9 Å². The summed E-state index contributed by atoms with van der Waals surface area (Å²) in [5.41, 5.74) is 8.45. The molecule has 0 amide bonds. The standard InChI is InChI=1S/2C26H19N3O.C2H3N.2F6P.Ru/c2*1-2-8-21-15-19(11-12-20(21)7-1)18-30-22-16-25(23-9-3-5-13-27-23)29-26(17-22)24-10-4-6-14-28-24;1-2-3;2*1-7(2,3,4,5)6;/h2*1-17H,18H2;1H3;;;/q;;;2*-1;+2. The van der Waals surface area contributed by atoms with Crippen LogP contribution in [-0.4, -0.2) is 29.9 Å². The van der Waals surface area contributed by atoms with Crippen molar-refractivity contribution in [2.45, 2.75) is 20.1 Å². The van der Waals surface area contributed by atoms with Crippen LogP contribution >= 0.6 is 15.6 Å². The summed E-state index contributed by atoms with van der Waals surface area (Å²) in [5.74, 6) is 1.47. The van der Waals surface area contributed by atoms with Crippen LogP contribution in [-0.2, 0) is 32.7 Å². The van der Waals surface area contributed by atoms with Crippen LogP contribution in [0.1, 0.15) is 18.1 Å². The molecule has 0 saturated carbocycles. The molecular formula is C54H41F12N7O2P2Ru. The Morgan fingerprint density at radius 2 is 0.603 bits per heavy atom. The van der Waals surface area contributed by atoms with E-state index < -0.39 is 15.6 Å². The zero-order chi connectivity index (χ0) is 55.9. The van der Waals surface area contributed by atoms with Gasteiger partial charge in [-0.2, -0.15) is 5.26 Å². The Morgan fingerprint density at radius 1 is 0.359 bits per heavy atom. The van der Waals surface area contributed by atoms with Gasteiger partial charge in [0.2, 0.25) is 0 Å². The van der Waals surface area contributed by atoms with Crippen molar-refractivity contribution in [1.29, 1.82) is 5.26 Å². The summed E-state index contributed by atoms with van der Waals surface area (Å²) in [6.45, 7) is 2.37. The average molecular weight is 1210 g/mol. The molecule has 10 rings (SSSR count). The first-order valence-electron chi connectivity index (χ1n) is 22.4. The summed E-state index contributed by atoms with van der Waals surface area (Å²) in [6.07, 6.45) is 7.06. The topological polar surface area (TPSA) is 120 Å². The molecule has 0 aliphatic heterocycles. The Bertz CT molecular complexity index is 3250. The molecule has 78 heavy (non-hydrogen) atoms. The van der Waals surface area contributed by atoms with E-state index in [1.807, 2.05) is 121 Å². The quantitative estimate of drug-likeness (QED) is 0.0749. The van der Waals surface area contributed by atoms with Crippen LogP contribution in [0.2, 0.25) is 0 Å². The molecule has 6 aromatic heterocycles. The van der Waals surface area contributed by atoms with Gasteiger partial charge in [-0.3, -0.25) is 19.9 Å². The van der Waals surface area contributed by atoms with E-state index in [4.69, 9.17) is 24.7 Å². The number of rotatable bonds is 10. The van der Waals surface area contributed by atoms with Crippen molar-refractivity contribution in [2.75, 3.05) is 0 Å². The minimum Gasteiger partial charge on any atom is -0.489 e. The van der Waals surface area contributed by atoms with Gasteiger partial charge in [0.15, 0.2) is 0 Å².